The number of ether oxygens (including phenoxy) is 1. The van der Waals surface area contributed by atoms with Gasteiger partial charge < -0.3 is 4.74 Å². The van der Waals surface area contributed by atoms with E-state index in [9.17, 15) is 8.42 Å². The summed E-state index contributed by atoms with van der Waals surface area (Å²) in [6, 6.07) is 4.63. The van der Waals surface area contributed by atoms with E-state index in [-0.39, 0.29) is 4.90 Å². The van der Waals surface area contributed by atoms with Crippen molar-refractivity contribution >= 4 is 21.6 Å². The summed E-state index contributed by atoms with van der Waals surface area (Å²) in [6.45, 7) is 1.02. The molecule has 1 aliphatic rings. The third-order valence-electron chi connectivity index (χ3n) is 2.91. The number of rotatable bonds is 3. The van der Waals surface area contributed by atoms with E-state index >= 15 is 0 Å². The van der Waals surface area contributed by atoms with Gasteiger partial charge in [-0.3, -0.25) is 0 Å². The Balaban J connectivity index is 2.42. The van der Waals surface area contributed by atoms with E-state index in [0.29, 0.717) is 23.9 Å². The molecule has 0 unspecified atom stereocenters. The fraction of sp³-hybridized carbons (Fsp3) is 0.417. The first-order valence-corrected chi connectivity index (χ1v) is 7.53. The van der Waals surface area contributed by atoms with Crippen molar-refractivity contribution in [3.8, 4) is 5.75 Å². The Morgan fingerprint density at radius 1 is 1.28 bits per heavy atom. The van der Waals surface area contributed by atoms with Crippen LogP contribution < -0.4 is 4.74 Å². The van der Waals surface area contributed by atoms with Gasteiger partial charge in [0.15, 0.2) is 0 Å². The molecule has 0 bridgehead atoms. The average Bonchev–Trinajstić information content (AvgIpc) is 2.39. The van der Waals surface area contributed by atoms with Gasteiger partial charge in [0.05, 0.1) is 7.11 Å². The molecule has 0 atom stereocenters. The van der Waals surface area contributed by atoms with Crippen LogP contribution in [0.25, 0.3) is 0 Å². The van der Waals surface area contributed by atoms with Gasteiger partial charge in [0.2, 0.25) is 10.0 Å². The first kappa shape index (κ1) is 13.6. The average molecular weight is 289 g/mol. The van der Waals surface area contributed by atoms with Crippen molar-refractivity contribution in [1.29, 1.82) is 0 Å². The number of halogens is 1. The van der Waals surface area contributed by atoms with E-state index < -0.39 is 10.0 Å². The van der Waals surface area contributed by atoms with Crippen molar-refractivity contribution in [1.82, 2.24) is 4.31 Å². The van der Waals surface area contributed by atoms with Crippen molar-refractivity contribution in [2.24, 2.45) is 0 Å². The molecule has 4 nitrogen and oxygen atoms in total. The summed E-state index contributed by atoms with van der Waals surface area (Å²) in [5.74, 6) is 0.328. The number of hydrogen-bond donors (Lipinski definition) is 0. The zero-order valence-electron chi connectivity index (χ0n) is 10.1. The van der Waals surface area contributed by atoms with Crippen molar-refractivity contribution < 1.29 is 13.2 Å². The first-order valence-electron chi connectivity index (χ1n) is 5.71. The summed E-state index contributed by atoms with van der Waals surface area (Å²) in [7, 11) is -2.07. The van der Waals surface area contributed by atoms with Crippen LogP contribution in [0.5, 0.6) is 5.75 Å². The molecule has 6 heteroatoms. The summed E-state index contributed by atoms with van der Waals surface area (Å²) >= 11 is 5.87. The lowest BCUT2D eigenvalue weighted by Crippen LogP contribution is -2.35. The van der Waals surface area contributed by atoms with E-state index in [1.54, 1.807) is 12.1 Å². The van der Waals surface area contributed by atoms with Crippen LogP contribution in [-0.2, 0) is 10.0 Å². The minimum absolute atomic E-state index is 0.138. The van der Waals surface area contributed by atoms with Gasteiger partial charge in [-0.05, 0) is 37.5 Å². The number of piperidine rings is 1. The van der Waals surface area contributed by atoms with Crippen LogP contribution in [0.3, 0.4) is 0 Å². The highest BCUT2D eigenvalue weighted by Gasteiger charge is 2.28. The summed E-state index contributed by atoms with van der Waals surface area (Å²) in [4.78, 5) is 0.138. The molecule has 0 spiro atoms. The van der Waals surface area contributed by atoms with Crippen molar-refractivity contribution in [3.63, 3.8) is 0 Å². The predicted octanol–water partition coefficient (Wildman–Crippen LogP) is 2.34. The van der Waals surface area contributed by atoms with Gasteiger partial charge in [0.25, 0.3) is 0 Å². The highest BCUT2D eigenvalue weighted by atomic mass is 35.5. The number of hydrogen-bond acceptors (Lipinski definition) is 3. The van der Waals surface area contributed by atoms with Crippen LogP contribution in [0.1, 0.15) is 12.8 Å². The molecule has 1 radical (unpaired) electrons. The minimum atomic E-state index is -3.52. The lowest BCUT2D eigenvalue weighted by molar-refractivity contribution is 0.373. The summed E-state index contributed by atoms with van der Waals surface area (Å²) in [5, 5.41) is 0.387. The fourth-order valence-electron chi connectivity index (χ4n) is 1.96. The molecule has 1 heterocycles. The molecule has 1 aromatic carbocycles. The number of sulfonamides is 1. The van der Waals surface area contributed by atoms with Gasteiger partial charge >= 0.3 is 0 Å². The fourth-order valence-corrected chi connectivity index (χ4v) is 3.85. The van der Waals surface area contributed by atoms with Gasteiger partial charge in [0.1, 0.15) is 10.6 Å². The van der Waals surface area contributed by atoms with Gasteiger partial charge in [-0.2, -0.15) is 4.31 Å². The Bertz CT molecular complexity index is 524. The lowest BCUT2D eigenvalue weighted by Gasteiger charge is -2.26. The topological polar surface area (TPSA) is 46.6 Å². The smallest absolute Gasteiger partial charge is 0.246 e. The molecule has 1 aromatic rings. The maximum absolute atomic E-state index is 12.5. The van der Waals surface area contributed by atoms with Crippen molar-refractivity contribution in [2.45, 2.75) is 17.7 Å². The minimum Gasteiger partial charge on any atom is -0.495 e. The van der Waals surface area contributed by atoms with Crippen LogP contribution in [0, 0.1) is 6.42 Å². The van der Waals surface area contributed by atoms with Gasteiger partial charge in [0, 0.05) is 18.1 Å². The Morgan fingerprint density at radius 2 is 1.94 bits per heavy atom. The molecule has 1 aliphatic heterocycles. The molecule has 1 saturated heterocycles. The molecular weight excluding hydrogens is 274 g/mol. The Labute approximate surface area is 113 Å². The zero-order chi connectivity index (χ0) is 13.2. The summed E-state index contributed by atoms with van der Waals surface area (Å²) < 4.78 is 31.6. The normalized spacial score (nSPS) is 17.7. The van der Waals surface area contributed by atoms with Crippen molar-refractivity contribution in [2.75, 3.05) is 20.2 Å². The van der Waals surface area contributed by atoms with Crippen LogP contribution in [0.2, 0.25) is 5.02 Å². The standard InChI is InChI=1S/C12H15ClNO3S/c1-17-11-6-5-10(13)9-12(11)18(15,16)14-7-3-2-4-8-14/h2,5-6,9H,3-4,7-8H2,1H3. The molecule has 0 aliphatic carbocycles. The molecule has 0 amide bonds. The van der Waals surface area contributed by atoms with E-state index in [1.165, 1.54) is 17.5 Å². The van der Waals surface area contributed by atoms with E-state index in [4.69, 9.17) is 16.3 Å². The first-order chi connectivity index (χ1) is 8.55. The Hall–Kier alpha value is -0.780. The van der Waals surface area contributed by atoms with Crippen LogP contribution in [-0.4, -0.2) is 32.9 Å². The van der Waals surface area contributed by atoms with Gasteiger partial charge in [-0.15, -0.1) is 0 Å². The highest BCUT2D eigenvalue weighted by molar-refractivity contribution is 7.89. The summed E-state index contributed by atoms with van der Waals surface area (Å²) in [5.41, 5.74) is 0. The maximum atomic E-state index is 12.5. The van der Waals surface area contributed by atoms with E-state index in [0.717, 1.165) is 12.8 Å². The lowest BCUT2D eigenvalue weighted by atomic mass is 10.2. The second-order valence-electron chi connectivity index (χ2n) is 4.07. The quantitative estimate of drug-likeness (QED) is 0.858. The predicted molar refractivity (Wildman–Crippen MR) is 70.3 cm³/mol. The maximum Gasteiger partial charge on any atom is 0.246 e. The molecule has 0 N–H and O–H groups in total. The van der Waals surface area contributed by atoms with Gasteiger partial charge in [-0.1, -0.05) is 11.6 Å². The largest absolute Gasteiger partial charge is 0.495 e. The van der Waals surface area contributed by atoms with Gasteiger partial charge in [-0.25, -0.2) is 8.42 Å². The molecule has 99 valence electrons. The molecule has 0 aromatic heterocycles. The number of benzene rings is 1. The summed E-state index contributed by atoms with van der Waals surface area (Å²) in [6.07, 6.45) is 3.66. The third kappa shape index (κ3) is 2.63. The second kappa shape index (κ2) is 5.47. The molecule has 0 saturated carbocycles. The van der Waals surface area contributed by atoms with Crippen molar-refractivity contribution in [3.05, 3.63) is 29.6 Å². The van der Waals surface area contributed by atoms with Crippen LogP contribution in [0.4, 0.5) is 0 Å². The van der Waals surface area contributed by atoms with E-state index in [1.807, 2.05) is 0 Å². The molecule has 18 heavy (non-hydrogen) atoms. The molecule has 2 rings (SSSR count). The molecule has 1 fully saturated rings. The van der Waals surface area contributed by atoms with Crippen LogP contribution >= 0.6 is 11.6 Å². The highest BCUT2D eigenvalue weighted by Crippen LogP contribution is 2.30. The number of methoxy groups -OCH3 is 1. The third-order valence-corrected chi connectivity index (χ3v) is 5.06. The number of nitrogens with zero attached hydrogens (tertiary/aromatic N) is 1. The Kier molecular flexibility index (Phi) is 4.14. The Morgan fingerprint density at radius 3 is 2.56 bits per heavy atom. The van der Waals surface area contributed by atoms with Crippen LogP contribution in [0.15, 0.2) is 23.1 Å². The zero-order valence-corrected chi connectivity index (χ0v) is 11.7. The molecular formula is C12H15ClNO3S. The second-order valence-corrected chi connectivity index (χ2v) is 6.41. The van der Waals surface area contributed by atoms with E-state index in [2.05, 4.69) is 6.42 Å². The SMILES string of the molecule is COc1ccc(Cl)cc1S(=O)(=O)N1CC[CH]CC1. The monoisotopic (exact) mass is 288 g/mol.